The maximum Gasteiger partial charge on any atom is 0.270 e. The molecule has 98 valence electrons. The molecule has 0 aromatic heterocycles. The van der Waals surface area contributed by atoms with Crippen molar-refractivity contribution in [1.82, 2.24) is 0 Å². The van der Waals surface area contributed by atoms with Crippen molar-refractivity contribution in [2.24, 2.45) is 11.7 Å². The molecule has 18 heavy (non-hydrogen) atoms. The zero-order valence-electron chi connectivity index (χ0n) is 10.1. The van der Waals surface area contributed by atoms with E-state index in [0.29, 0.717) is 12.5 Å². The zero-order chi connectivity index (χ0) is 13.3. The highest BCUT2D eigenvalue weighted by molar-refractivity contribution is 14.1. The van der Waals surface area contributed by atoms with E-state index in [0.717, 1.165) is 9.26 Å². The van der Waals surface area contributed by atoms with Crippen LogP contribution < -0.4 is 11.1 Å². The Bertz CT molecular complexity index is 476. The SMILES string of the molecule is CC(CN)(Nc1ccc([N+](=O)[O-])cc1I)C1CC1. The van der Waals surface area contributed by atoms with Crippen molar-refractivity contribution in [2.75, 3.05) is 11.9 Å². The fourth-order valence-electron chi connectivity index (χ4n) is 2.07. The molecule has 1 aliphatic carbocycles. The maximum absolute atomic E-state index is 10.7. The molecule has 1 aromatic rings. The summed E-state index contributed by atoms with van der Waals surface area (Å²) >= 11 is 2.11. The van der Waals surface area contributed by atoms with Crippen molar-refractivity contribution in [1.29, 1.82) is 0 Å². The average Bonchev–Trinajstić information content (AvgIpc) is 3.15. The number of rotatable bonds is 5. The smallest absolute Gasteiger partial charge is 0.270 e. The Balaban J connectivity index is 2.21. The molecule has 1 fully saturated rings. The summed E-state index contributed by atoms with van der Waals surface area (Å²) in [6.07, 6.45) is 2.40. The van der Waals surface area contributed by atoms with Crippen molar-refractivity contribution in [3.05, 3.63) is 31.9 Å². The number of nitro groups is 1. The Morgan fingerprint density at radius 3 is 2.72 bits per heavy atom. The van der Waals surface area contributed by atoms with Crippen LogP contribution >= 0.6 is 22.6 Å². The topological polar surface area (TPSA) is 81.2 Å². The second-order valence-electron chi connectivity index (χ2n) is 4.94. The standard InChI is InChI=1S/C12H16IN3O2/c1-12(7-14,8-2-3-8)15-11-5-4-9(16(17)18)6-10(11)13/h4-6,8,15H,2-3,7,14H2,1H3. The molecule has 1 saturated carbocycles. The Labute approximate surface area is 119 Å². The summed E-state index contributed by atoms with van der Waals surface area (Å²) in [6, 6.07) is 4.86. The first-order chi connectivity index (χ1) is 8.46. The summed E-state index contributed by atoms with van der Waals surface area (Å²) in [4.78, 5) is 10.3. The molecule has 0 bridgehead atoms. The zero-order valence-corrected chi connectivity index (χ0v) is 12.3. The van der Waals surface area contributed by atoms with Crippen LogP contribution in [0.25, 0.3) is 0 Å². The first-order valence-electron chi connectivity index (χ1n) is 5.88. The minimum absolute atomic E-state index is 0.115. The molecule has 2 rings (SSSR count). The van der Waals surface area contributed by atoms with Crippen LogP contribution in [0.4, 0.5) is 11.4 Å². The van der Waals surface area contributed by atoms with Gasteiger partial charge in [-0.25, -0.2) is 0 Å². The number of benzene rings is 1. The van der Waals surface area contributed by atoms with Crippen LogP contribution in [0, 0.1) is 19.6 Å². The summed E-state index contributed by atoms with van der Waals surface area (Å²) in [7, 11) is 0. The number of hydrogen-bond acceptors (Lipinski definition) is 4. The molecule has 0 spiro atoms. The van der Waals surface area contributed by atoms with Gasteiger partial charge in [-0.05, 0) is 54.3 Å². The van der Waals surface area contributed by atoms with Crippen LogP contribution in [0.2, 0.25) is 0 Å². The van der Waals surface area contributed by atoms with Gasteiger partial charge < -0.3 is 11.1 Å². The fourth-order valence-corrected chi connectivity index (χ4v) is 2.70. The van der Waals surface area contributed by atoms with Gasteiger partial charge in [-0.15, -0.1) is 0 Å². The lowest BCUT2D eigenvalue weighted by Crippen LogP contribution is -2.44. The molecule has 1 aliphatic rings. The number of nitro benzene ring substituents is 1. The van der Waals surface area contributed by atoms with Gasteiger partial charge >= 0.3 is 0 Å². The van der Waals surface area contributed by atoms with E-state index in [4.69, 9.17) is 5.73 Å². The highest BCUT2D eigenvalue weighted by Crippen LogP contribution is 2.41. The van der Waals surface area contributed by atoms with Gasteiger partial charge in [0.2, 0.25) is 0 Å². The summed E-state index contributed by atoms with van der Waals surface area (Å²) < 4.78 is 0.849. The molecule has 1 atom stereocenters. The van der Waals surface area contributed by atoms with Gasteiger partial charge in [0, 0.05) is 33.5 Å². The van der Waals surface area contributed by atoms with E-state index in [-0.39, 0.29) is 16.1 Å². The fraction of sp³-hybridized carbons (Fsp3) is 0.500. The van der Waals surface area contributed by atoms with Crippen LogP contribution in [-0.2, 0) is 0 Å². The summed E-state index contributed by atoms with van der Waals surface area (Å²) in [6.45, 7) is 2.67. The van der Waals surface area contributed by atoms with E-state index in [1.165, 1.54) is 18.9 Å². The predicted molar refractivity (Wildman–Crippen MR) is 79.6 cm³/mol. The number of hydrogen-bond donors (Lipinski definition) is 2. The Morgan fingerprint density at radius 2 is 2.28 bits per heavy atom. The number of anilines is 1. The molecule has 1 aromatic carbocycles. The Hall–Kier alpha value is -0.890. The normalized spacial score (nSPS) is 18.2. The number of halogens is 1. The van der Waals surface area contributed by atoms with E-state index >= 15 is 0 Å². The van der Waals surface area contributed by atoms with Crippen LogP contribution in [0.3, 0.4) is 0 Å². The minimum Gasteiger partial charge on any atom is -0.377 e. The third kappa shape index (κ3) is 2.74. The highest BCUT2D eigenvalue weighted by Gasteiger charge is 2.40. The molecule has 5 nitrogen and oxygen atoms in total. The second kappa shape index (κ2) is 5.00. The van der Waals surface area contributed by atoms with Crippen LogP contribution in [0.1, 0.15) is 19.8 Å². The van der Waals surface area contributed by atoms with Gasteiger partial charge in [0.05, 0.1) is 4.92 Å². The largest absolute Gasteiger partial charge is 0.377 e. The van der Waals surface area contributed by atoms with Crippen LogP contribution in [0.5, 0.6) is 0 Å². The number of nitrogens with zero attached hydrogens (tertiary/aromatic N) is 1. The van der Waals surface area contributed by atoms with Crippen LogP contribution in [0.15, 0.2) is 18.2 Å². The van der Waals surface area contributed by atoms with Gasteiger partial charge in [0.1, 0.15) is 0 Å². The third-order valence-corrected chi connectivity index (χ3v) is 4.38. The number of nitrogens with two attached hydrogens (primary N) is 1. The van der Waals surface area contributed by atoms with Gasteiger partial charge in [-0.3, -0.25) is 10.1 Å². The molecule has 1 unspecified atom stereocenters. The lowest BCUT2D eigenvalue weighted by Gasteiger charge is -2.31. The molecule has 3 N–H and O–H groups in total. The number of non-ortho nitro benzene ring substituents is 1. The van der Waals surface area contributed by atoms with Gasteiger partial charge in [-0.2, -0.15) is 0 Å². The van der Waals surface area contributed by atoms with Crippen molar-refractivity contribution in [3.8, 4) is 0 Å². The minimum atomic E-state index is -0.380. The summed E-state index contributed by atoms with van der Waals surface area (Å²) in [5, 5.41) is 14.1. The van der Waals surface area contributed by atoms with E-state index in [2.05, 4.69) is 34.8 Å². The Kier molecular flexibility index (Phi) is 3.76. The summed E-state index contributed by atoms with van der Waals surface area (Å²) in [5.41, 5.74) is 6.77. The predicted octanol–water partition coefficient (Wildman–Crippen LogP) is 2.74. The second-order valence-corrected chi connectivity index (χ2v) is 6.10. The average molecular weight is 361 g/mol. The third-order valence-electron chi connectivity index (χ3n) is 3.49. The maximum atomic E-state index is 10.7. The molecule has 0 saturated heterocycles. The van der Waals surface area contributed by atoms with Crippen LogP contribution in [-0.4, -0.2) is 17.0 Å². The van der Waals surface area contributed by atoms with Crippen molar-refractivity contribution >= 4 is 34.0 Å². The van der Waals surface area contributed by atoms with Gasteiger partial charge in [-0.1, -0.05) is 0 Å². The first-order valence-corrected chi connectivity index (χ1v) is 6.96. The van der Waals surface area contributed by atoms with E-state index in [1.807, 2.05) is 0 Å². The van der Waals surface area contributed by atoms with E-state index in [1.54, 1.807) is 12.1 Å². The van der Waals surface area contributed by atoms with Gasteiger partial charge in [0.25, 0.3) is 5.69 Å². The van der Waals surface area contributed by atoms with Gasteiger partial charge in [0.15, 0.2) is 0 Å². The van der Waals surface area contributed by atoms with Crippen molar-refractivity contribution < 1.29 is 4.92 Å². The quantitative estimate of drug-likeness (QED) is 0.480. The monoisotopic (exact) mass is 361 g/mol. The lowest BCUT2D eigenvalue weighted by molar-refractivity contribution is -0.384. The molecular weight excluding hydrogens is 345 g/mol. The molecular formula is C12H16IN3O2. The molecule has 0 amide bonds. The van der Waals surface area contributed by atoms with Crippen molar-refractivity contribution in [2.45, 2.75) is 25.3 Å². The highest BCUT2D eigenvalue weighted by atomic mass is 127. The van der Waals surface area contributed by atoms with Crippen molar-refractivity contribution in [3.63, 3.8) is 0 Å². The molecule has 0 aliphatic heterocycles. The lowest BCUT2D eigenvalue weighted by atomic mass is 9.95. The number of nitrogens with one attached hydrogen (secondary N) is 1. The molecule has 0 heterocycles. The summed E-state index contributed by atoms with van der Waals surface area (Å²) in [5.74, 6) is 0.605. The molecule has 6 heteroatoms. The molecule has 0 radical (unpaired) electrons. The van der Waals surface area contributed by atoms with E-state index in [9.17, 15) is 10.1 Å². The Morgan fingerprint density at radius 1 is 1.61 bits per heavy atom. The van der Waals surface area contributed by atoms with E-state index < -0.39 is 0 Å². The first kappa shape index (κ1) is 13.5.